The molecule has 0 amide bonds. The smallest absolute Gasteiger partial charge is 0.215 e. The topological polar surface area (TPSA) is 91.3 Å². The number of hydrogen-bond donors (Lipinski definition) is 0. The van der Waals surface area contributed by atoms with Gasteiger partial charge < -0.3 is 0 Å². The predicted molar refractivity (Wildman–Crippen MR) is 24.9 cm³/mol. The van der Waals surface area contributed by atoms with E-state index in [1.54, 1.807) is 6.07 Å². The summed E-state index contributed by atoms with van der Waals surface area (Å²) in [6.07, 6.45) is 1.33. The average Bonchev–Trinajstić information content (AvgIpc) is 1.85. The van der Waals surface area contributed by atoms with Crippen molar-refractivity contribution in [3.63, 3.8) is 0 Å². The summed E-state index contributed by atoms with van der Waals surface area (Å²) >= 11 is -5.23. The molecule has 1 aromatic rings. The molecule has 5 nitrogen and oxygen atoms in total. The van der Waals surface area contributed by atoms with Crippen LogP contribution in [0.4, 0.5) is 0 Å². The Hall–Kier alpha value is -0.690. The number of nitrogens with zero attached hydrogens (tertiary/aromatic N) is 1. The van der Waals surface area contributed by atoms with Gasteiger partial charge in [-0.25, -0.2) is 17.6 Å². The first kappa shape index (κ1) is 8.41. The van der Waals surface area contributed by atoms with E-state index in [2.05, 4.69) is 8.81 Å². The van der Waals surface area contributed by atoms with Crippen LogP contribution in [-0.4, -0.2) is 4.98 Å². The Labute approximate surface area is 66.4 Å². The van der Waals surface area contributed by atoms with Crippen LogP contribution in [0, 0.1) is 14.1 Å². The van der Waals surface area contributed by atoms with E-state index in [0.29, 0.717) is 0 Å². The van der Waals surface area contributed by atoms with Gasteiger partial charge in [-0.05, 0) is 6.07 Å². The fourth-order valence-electron chi connectivity index (χ4n) is 0.490. The molecule has 11 heavy (non-hydrogen) atoms. The summed E-state index contributed by atoms with van der Waals surface area (Å²) in [5.41, 5.74) is 0. The molecule has 60 valence electrons. The highest BCUT2D eigenvalue weighted by atomic mass is 80.0. The monoisotopic (exact) mass is 221 g/mol. The lowest BCUT2D eigenvalue weighted by Gasteiger charge is -2.05. The zero-order valence-electron chi connectivity index (χ0n) is 5.27. The fraction of sp³-hybridized carbons (Fsp3) is 0. The highest BCUT2D eigenvalue weighted by molar-refractivity contribution is 5.07. The lowest BCUT2D eigenvalue weighted by Crippen LogP contribution is -2.63. The third-order valence-corrected chi connectivity index (χ3v) is 1.54. The van der Waals surface area contributed by atoms with Crippen molar-refractivity contribution in [2.45, 2.75) is 0 Å². The van der Waals surface area contributed by atoms with E-state index in [4.69, 9.17) is 0 Å². The van der Waals surface area contributed by atoms with E-state index in [1.165, 1.54) is 18.3 Å². The first-order valence-electron chi connectivity index (χ1n) is 2.59. The van der Waals surface area contributed by atoms with E-state index in [0.717, 1.165) is 0 Å². The predicted octanol–water partition coefficient (Wildman–Crippen LogP) is -2.64. The molecule has 0 aliphatic heterocycles. The van der Waals surface area contributed by atoms with Crippen molar-refractivity contribution in [1.29, 1.82) is 0 Å². The molecule has 1 rings (SSSR count). The molecule has 0 bridgehead atoms. The van der Waals surface area contributed by atoms with Crippen molar-refractivity contribution in [3.8, 4) is 5.88 Å². The minimum atomic E-state index is -5.23. The van der Waals surface area contributed by atoms with Crippen molar-refractivity contribution in [2.75, 3.05) is 0 Å². The third kappa shape index (κ3) is 3.28. The Morgan fingerprint density at radius 3 is 2.45 bits per heavy atom. The lowest BCUT2D eigenvalue weighted by atomic mass is 10.5. The number of rotatable bonds is 2. The van der Waals surface area contributed by atoms with Crippen molar-refractivity contribution < 1.29 is 30.5 Å². The summed E-state index contributed by atoms with van der Waals surface area (Å²) in [6, 6.07) is 4.38. The van der Waals surface area contributed by atoms with Gasteiger partial charge in [0.2, 0.25) is 0 Å². The molecule has 0 spiro atoms. The second-order valence-electron chi connectivity index (χ2n) is 1.62. The van der Waals surface area contributed by atoms with E-state index in [1.807, 2.05) is 0 Å². The third-order valence-electron chi connectivity index (χ3n) is 0.811. The minimum Gasteiger partial charge on any atom is -0.215 e. The molecule has 6 heteroatoms. The molecule has 0 saturated carbocycles. The molecule has 0 saturated heterocycles. The van der Waals surface area contributed by atoms with Crippen molar-refractivity contribution in [3.05, 3.63) is 24.4 Å². The molecule has 1 aromatic heterocycles. The largest absolute Gasteiger partial charge is 0.362 e. The fourth-order valence-corrected chi connectivity index (χ4v) is 1.09. The maximum Gasteiger partial charge on any atom is 0.362 e. The Morgan fingerprint density at radius 1 is 1.27 bits per heavy atom. The second kappa shape index (κ2) is 3.14. The number of pyridine rings is 1. The van der Waals surface area contributed by atoms with Crippen LogP contribution in [0.25, 0.3) is 0 Å². The standard InChI is InChI=1S/C5H4BrNO4/c8-6(9,10)11-5-3-1-2-4-7-5/h1-4H. The van der Waals surface area contributed by atoms with E-state index >= 15 is 0 Å². The van der Waals surface area contributed by atoms with Crippen molar-refractivity contribution in [1.82, 2.24) is 4.98 Å². The van der Waals surface area contributed by atoms with Gasteiger partial charge in [0.05, 0.1) is 0 Å². The SMILES string of the molecule is [O-][Br+3]([O-])([O-])Oc1ccccn1. The van der Waals surface area contributed by atoms with Gasteiger partial charge in [-0.15, -0.1) is 0 Å². The number of halogens is 1. The molecule has 0 atom stereocenters. The quantitative estimate of drug-likeness (QED) is 0.545. The molecule has 0 N–H and O–H groups in total. The number of aromatic nitrogens is 1. The van der Waals surface area contributed by atoms with Gasteiger partial charge in [0.25, 0.3) is 0 Å². The van der Waals surface area contributed by atoms with Gasteiger partial charge in [0.1, 0.15) is 0 Å². The minimum absolute atomic E-state index is 0.194. The van der Waals surface area contributed by atoms with Crippen LogP contribution in [-0.2, 0) is 0 Å². The van der Waals surface area contributed by atoms with Crippen LogP contribution in [0.2, 0.25) is 0 Å². The molecule has 1 heterocycles. The van der Waals surface area contributed by atoms with Gasteiger partial charge >= 0.3 is 20.0 Å². The summed E-state index contributed by atoms with van der Waals surface area (Å²) in [5, 5.41) is 0. The molecule has 0 unspecified atom stereocenters. The summed E-state index contributed by atoms with van der Waals surface area (Å²) in [6.45, 7) is 0. The summed E-state index contributed by atoms with van der Waals surface area (Å²) in [4.78, 5) is 3.48. The van der Waals surface area contributed by atoms with Gasteiger partial charge in [-0.3, -0.25) is 0 Å². The van der Waals surface area contributed by atoms with Gasteiger partial charge in [-0.2, -0.15) is 0 Å². The molecule has 0 aliphatic rings. The summed E-state index contributed by atoms with van der Waals surface area (Å²) in [7, 11) is 0. The Balaban J connectivity index is 2.66. The second-order valence-corrected chi connectivity index (χ2v) is 3.53. The van der Waals surface area contributed by atoms with Crippen molar-refractivity contribution in [2.24, 2.45) is 0 Å². The van der Waals surface area contributed by atoms with Crippen LogP contribution >= 0.6 is 0 Å². The van der Waals surface area contributed by atoms with Crippen molar-refractivity contribution >= 4 is 0 Å². The summed E-state index contributed by atoms with van der Waals surface area (Å²) < 4.78 is 34.1. The zero-order chi connectivity index (χ0) is 8.32. The zero-order valence-corrected chi connectivity index (χ0v) is 6.85. The average molecular weight is 222 g/mol. The van der Waals surface area contributed by atoms with E-state index < -0.39 is 14.1 Å². The Kier molecular flexibility index (Phi) is 2.40. The first-order valence-corrected chi connectivity index (χ1v) is 5.18. The van der Waals surface area contributed by atoms with Crippen LogP contribution < -0.4 is 16.4 Å². The van der Waals surface area contributed by atoms with E-state index in [9.17, 15) is 12.6 Å². The maximum atomic E-state index is 10.0. The highest BCUT2D eigenvalue weighted by Crippen LogP contribution is 2.05. The van der Waals surface area contributed by atoms with Crippen LogP contribution in [0.1, 0.15) is 0 Å². The molecule has 0 aliphatic carbocycles. The van der Waals surface area contributed by atoms with Crippen LogP contribution in [0.15, 0.2) is 24.4 Å². The molecule has 0 aromatic carbocycles. The molecular formula is C5H4BrNO4. The normalized spacial score (nSPS) is 11.2. The lowest BCUT2D eigenvalue weighted by molar-refractivity contribution is -1.91. The molecular weight excluding hydrogens is 218 g/mol. The van der Waals surface area contributed by atoms with Gasteiger partial charge in [-0.1, -0.05) is 9.89 Å². The van der Waals surface area contributed by atoms with Gasteiger partial charge in [0.15, 0.2) is 0 Å². The van der Waals surface area contributed by atoms with Gasteiger partial charge in [0, 0.05) is 12.3 Å². The van der Waals surface area contributed by atoms with Crippen LogP contribution in [0.3, 0.4) is 0 Å². The summed E-state index contributed by atoms with van der Waals surface area (Å²) in [5.74, 6) is -0.194. The Morgan fingerprint density at radius 2 is 2.00 bits per heavy atom. The molecule has 0 radical (unpaired) electrons. The number of hydrogen-bond acceptors (Lipinski definition) is 5. The highest BCUT2D eigenvalue weighted by Gasteiger charge is 2.24. The maximum absolute atomic E-state index is 10.0. The molecule has 0 fully saturated rings. The van der Waals surface area contributed by atoms with Crippen LogP contribution in [0.5, 0.6) is 5.88 Å². The first-order chi connectivity index (χ1) is 5.08. The Bertz CT molecular complexity index is 222. The van der Waals surface area contributed by atoms with E-state index in [-0.39, 0.29) is 5.88 Å².